The van der Waals surface area contributed by atoms with Crippen molar-refractivity contribution in [2.24, 2.45) is 7.05 Å². The first-order chi connectivity index (χ1) is 18.5. The van der Waals surface area contributed by atoms with Gasteiger partial charge in [-0.05, 0) is 73.5 Å². The molecule has 7 rings (SSSR count). The topological polar surface area (TPSA) is 20.6 Å². The fourth-order valence-electron chi connectivity index (χ4n) is 5.88. The predicted octanol–water partition coefficient (Wildman–Crippen LogP) is 9.29. The lowest BCUT2D eigenvalue weighted by Gasteiger charge is -2.33. The first kappa shape index (κ1) is 22.5. The lowest BCUT2D eigenvalue weighted by molar-refractivity contribution is 0.477. The number of hydrogen-bond acceptors (Lipinski definition) is 3. The van der Waals surface area contributed by atoms with Gasteiger partial charge in [0.1, 0.15) is 0 Å². The molecule has 0 atom stereocenters. The highest BCUT2D eigenvalue weighted by Crippen LogP contribution is 2.52. The molecule has 0 radical (unpaired) electrons. The average molecular weight is 496 g/mol. The Morgan fingerprint density at radius 1 is 0.605 bits per heavy atom. The van der Waals surface area contributed by atoms with Gasteiger partial charge in [-0.3, -0.25) is 0 Å². The van der Waals surface area contributed by atoms with Crippen LogP contribution in [0.15, 0.2) is 103 Å². The van der Waals surface area contributed by atoms with E-state index in [1.165, 1.54) is 38.8 Å². The van der Waals surface area contributed by atoms with Crippen LogP contribution in [-0.4, -0.2) is 11.6 Å². The molecule has 38 heavy (non-hydrogen) atoms. The molecule has 2 heterocycles. The summed E-state index contributed by atoms with van der Waals surface area (Å²) in [6.07, 6.45) is 0. The van der Waals surface area contributed by atoms with Crippen LogP contribution >= 0.6 is 0 Å². The summed E-state index contributed by atoms with van der Waals surface area (Å²) in [6, 6.07) is 36.4. The van der Waals surface area contributed by atoms with E-state index in [2.05, 4.69) is 133 Å². The normalized spacial score (nSPS) is 12.4. The van der Waals surface area contributed by atoms with E-state index >= 15 is 0 Å². The monoisotopic (exact) mass is 495 g/mol. The van der Waals surface area contributed by atoms with Crippen molar-refractivity contribution < 1.29 is 4.74 Å². The number of para-hydroxylation sites is 4. The molecule has 0 saturated heterocycles. The zero-order valence-electron chi connectivity index (χ0n) is 22.1. The highest BCUT2D eigenvalue weighted by Gasteiger charge is 2.27. The fraction of sp³-hybridized carbons (Fsp3) is 0.118. The van der Waals surface area contributed by atoms with Gasteiger partial charge in [-0.15, -0.1) is 0 Å². The number of fused-ring (bicyclic) bond motifs is 5. The summed E-state index contributed by atoms with van der Waals surface area (Å²) in [5, 5.41) is 2.47. The minimum absolute atomic E-state index is 0.861. The maximum Gasteiger partial charge on any atom is 0.153 e. The second-order valence-electron chi connectivity index (χ2n) is 10.1. The van der Waals surface area contributed by atoms with Gasteiger partial charge in [-0.1, -0.05) is 48.5 Å². The lowest BCUT2D eigenvalue weighted by atomic mass is 10.0. The molecule has 0 saturated carbocycles. The molecule has 0 aliphatic carbocycles. The SMILES string of the molecule is Cc1ccccc1N(C)c1cc2c(cc1C)c1cc3c(cc1n2C)Oc1ccccc1N3c1ccccc1. The number of benzene rings is 5. The van der Waals surface area contributed by atoms with Crippen molar-refractivity contribution in [3.05, 3.63) is 114 Å². The Morgan fingerprint density at radius 3 is 2.11 bits per heavy atom. The van der Waals surface area contributed by atoms with E-state index in [1.807, 2.05) is 12.1 Å². The van der Waals surface area contributed by atoms with E-state index in [1.54, 1.807) is 0 Å². The molecule has 6 aromatic rings. The zero-order chi connectivity index (χ0) is 26.0. The number of aryl methyl sites for hydroxylation is 3. The Bertz CT molecular complexity index is 1850. The van der Waals surface area contributed by atoms with Crippen molar-refractivity contribution in [3.63, 3.8) is 0 Å². The van der Waals surface area contributed by atoms with Crippen LogP contribution in [-0.2, 0) is 7.05 Å². The maximum absolute atomic E-state index is 6.48. The number of nitrogens with zero attached hydrogens (tertiary/aromatic N) is 3. The standard InChI is InChI=1S/C34H29N3O/c1-22-12-8-9-15-27(22)35(3)29-20-30-25(18-23(29)2)26-19-32-34(21-31(26)36(30)4)38-33-17-11-10-16-28(33)37(32)24-13-6-5-7-14-24/h5-21H,1-4H3. The Kier molecular flexibility index (Phi) is 4.98. The quantitative estimate of drug-likeness (QED) is 0.244. The van der Waals surface area contributed by atoms with Crippen molar-refractivity contribution >= 4 is 50.2 Å². The fourth-order valence-corrected chi connectivity index (χ4v) is 5.88. The molecule has 0 fully saturated rings. The smallest absolute Gasteiger partial charge is 0.153 e. The van der Waals surface area contributed by atoms with Crippen LogP contribution in [0.5, 0.6) is 11.5 Å². The molecule has 0 N–H and O–H groups in total. The number of aromatic nitrogens is 1. The summed E-state index contributed by atoms with van der Waals surface area (Å²) in [7, 11) is 4.30. The van der Waals surface area contributed by atoms with Crippen LogP contribution in [0.1, 0.15) is 11.1 Å². The highest BCUT2D eigenvalue weighted by molar-refractivity contribution is 6.12. The molecule has 5 aromatic carbocycles. The zero-order valence-corrected chi connectivity index (χ0v) is 22.1. The van der Waals surface area contributed by atoms with Gasteiger partial charge in [-0.2, -0.15) is 0 Å². The first-order valence-electron chi connectivity index (χ1n) is 13.0. The van der Waals surface area contributed by atoms with Crippen molar-refractivity contribution in [2.45, 2.75) is 13.8 Å². The van der Waals surface area contributed by atoms with Crippen LogP contribution in [0, 0.1) is 13.8 Å². The molecule has 4 nitrogen and oxygen atoms in total. The summed E-state index contributed by atoms with van der Waals surface area (Å²) in [5.41, 5.74) is 10.5. The molecule has 1 aromatic heterocycles. The van der Waals surface area contributed by atoms with Crippen molar-refractivity contribution in [1.29, 1.82) is 0 Å². The average Bonchev–Trinajstić information content (AvgIpc) is 3.20. The van der Waals surface area contributed by atoms with Crippen LogP contribution in [0.4, 0.5) is 28.4 Å². The Balaban J connectivity index is 1.45. The Morgan fingerprint density at radius 2 is 1.29 bits per heavy atom. The maximum atomic E-state index is 6.48. The lowest BCUT2D eigenvalue weighted by Crippen LogP contribution is -2.15. The largest absolute Gasteiger partial charge is 0.453 e. The van der Waals surface area contributed by atoms with E-state index in [9.17, 15) is 0 Å². The third kappa shape index (κ3) is 3.30. The Hall–Kier alpha value is -4.70. The third-order valence-corrected chi connectivity index (χ3v) is 7.82. The van der Waals surface area contributed by atoms with E-state index < -0.39 is 0 Å². The molecule has 0 unspecified atom stereocenters. The number of hydrogen-bond donors (Lipinski definition) is 0. The molecular formula is C34H29N3O. The van der Waals surface area contributed by atoms with Gasteiger partial charge >= 0.3 is 0 Å². The molecule has 4 heteroatoms. The van der Waals surface area contributed by atoms with Gasteiger partial charge in [0.2, 0.25) is 0 Å². The molecule has 1 aliphatic heterocycles. The first-order valence-corrected chi connectivity index (χ1v) is 13.0. The summed E-state index contributed by atoms with van der Waals surface area (Å²) in [5.74, 6) is 1.72. The van der Waals surface area contributed by atoms with E-state index in [-0.39, 0.29) is 0 Å². The van der Waals surface area contributed by atoms with Gasteiger partial charge in [0, 0.05) is 48.0 Å². The van der Waals surface area contributed by atoms with Crippen LogP contribution < -0.4 is 14.5 Å². The van der Waals surface area contributed by atoms with Crippen LogP contribution in [0.3, 0.4) is 0 Å². The summed E-state index contributed by atoms with van der Waals surface area (Å²) >= 11 is 0. The summed E-state index contributed by atoms with van der Waals surface area (Å²) in [4.78, 5) is 4.60. The van der Waals surface area contributed by atoms with E-state index in [0.29, 0.717) is 0 Å². The van der Waals surface area contributed by atoms with Gasteiger partial charge in [-0.25, -0.2) is 0 Å². The molecule has 0 spiro atoms. The van der Waals surface area contributed by atoms with Crippen molar-refractivity contribution in [1.82, 2.24) is 4.57 Å². The van der Waals surface area contributed by atoms with Gasteiger partial charge in [0.15, 0.2) is 11.5 Å². The number of anilines is 5. The van der Waals surface area contributed by atoms with Crippen molar-refractivity contribution in [3.8, 4) is 11.5 Å². The van der Waals surface area contributed by atoms with Gasteiger partial charge in [0.25, 0.3) is 0 Å². The minimum Gasteiger partial charge on any atom is -0.453 e. The van der Waals surface area contributed by atoms with E-state index in [4.69, 9.17) is 4.74 Å². The minimum atomic E-state index is 0.861. The number of ether oxygens (including phenoxy) is 1. The third-order valence-electron chi connectivity index (χ3n) is 7.82. The van der Waals surface area contributed by atoms with Gasteiger partial charge in [0.05, 0.1) is 22.4 Å². The molecule has 0 bridgehead atoms. The molecular weight excluding hydrogens is 466 g/mol. The van der Waals surface area contributed by atoms with Gasteiger partial charge < -0.3 is 19.1 Å². The molecule has 0 amide bonds. The molecule has 186 valence electrons. The second kappa shape index (κ2) is 8.42. The van der Waals surface area contributed by atoms with Crippen LogP contribution in [0.25, 0.3) is 21.8 Å². The van der Waals surface area contributed by atoms with E-state index in [0.717, 1.165) is 34.1 Å². The molecule has 1 aliphatic rings. The summed E-state index contributed by atoms with van der Waals surface area (Å²) < 4.78 is 8.77. The Labute approximate surface area is 222 Å². The number of rotatable bonds is 3. The summed E-state index contributed by atoms with van der Waals surface area (Å²) in [6.45, 7) is 4.37. The van der Waals surface area contributed by atoms with Crippen molar-refractivity contribution in [2.75, 3.05) is 16.8 Å². The predicted molar refractivity (Wildman–Crippen MR) is 159 cm³/mol. The van der Waals surface area contributed by atoms with Crippen LogP contribution in [0.2, 0.25) is 0 Å². The second-order valence-corrected chi connectivity index (χ2v) is 10.1. The highest BCUT2D eigenvalue weighted by atomic mass is 16.5.